The number of rotatable bonds is 5. The van der Waals surface area contributed by atoms with Crippen molar-refractivity contribution in [3.63, 3.8) is 0 Å². The molecular weight excluding hydrogens is 294 g/mol. The highest BCUT2D eigenvalue weighted by Gasteiger charge is 2.16. The summed E-state index contributed by atoms with van der Waals surface area (Å²) in [5.74, 6) is 1.47. The number of hydrogen-bond acceptors (Lipinski definition) is 4. The zero-order valence-corrected chi connectivity index (χ0v) is 13.6. The molecule has 0 fully saturated rings. The minimum atomic E-state index is -0.108. The fraction of sp³-hybridized carbons (Fsp3) is 0.412. The standard InChI is InChI=1S/C17H21N3O3/c1-11(9-20-13(3)6-12(2)19-20)8-18-17(21)14-4-5-15-16(7-14)23-10-22-15/h4-7,11H,8-10H2,1-3H3,(H,18,21)/t11-/m1/s1. The van der Waals surface area contributed by atoms with E-state index < -0.39 is 0 Å². The summed E-state index contributed by atoms with van der Waals surface area (Å²) in [6, 6.07) is 7.27. The second-order valence-corrected chi connectivity index (χ2v) is 5.99. The van der Waals surface area contributed by atoms with E-state index in [9.17, 15) is 4.79 Å². The van der Waals surface area contributed by atoms with Crippen LogP contribution in [0.15, 0.2) is 24.3 Å². The molecule has 3 rings (SSSR count). The van der Waals surface area contributed by atoms with Crippen LogP contribution in [0.4, 0.5) is 0 Å². The average molecular weight is 315 g/mol. The summed E-state index contributed by atoms with van der Waals surface area (Å²) >= 11 is 0. The molecule has 1 aliphatic heterocycles. The van der Waals surface area contributed by atoms with E-state index in [1.165, 1.54) is 0 Å². The Bertz CT molecular complexity index is 724. The van der Waals surface area contributed by atoms with Gasteiger partial charge in [-0.25, -0.2) is 0 Å². The highest BCUT2D eigenvalue weighted by Crippen LogP contribution is 2.32. The topological polar surface area (TPSA) is 65.4 Å². The fourth-order valence-electron chi connectivity index (χ4n) is 2.63. The summed E-state index contributed by atoms with van der Waals surface area (Å²) in [5.41, 5.74) is 2.73. The maximum absolute atomic E-state index is 12.2. The lowest BCUT2D eigenvalue weighted by Crippen LogP contribution is -2.30. The van der Waals surface area contributed by atoms with Crippen LogP contribution < -0.4 is 14.8 Å². The summed E-state index contributed by atoms with van der Waals surface area (Å²) in [6.07, 6.45) is 0. The zero-order chi connectivity index (χ0) is 16.4. The molecule has 0 saturated carbocycles. The molecule has 0 aliphatic carbocycles. The molecule has 23 heavy (non-hydrogen) atoms. The number of aromatic nitrogens is 2. The van der Waals surface area contributed by atoms with Crippen molar-refractivity contribution >= 4 is 5.91 Å². The first kappa shape index (κ1) is 15.4. The molecule has 1 aliphatic rings. The van der Waals surface area contributed by atoms with Crippen molar-refractivity contribution in [2.45, 2.75) is 27.3 Å². The Morgan fingerprint density at radius 2 is 2.09 bits per heavy atom. The van der Waals surface area contributed by atoms with Crippen molar-refractivity contribution in [3.8, 4) is 11.5 Å². The summed E-state index contributed by atoms with van der Waals surface area (Å²) in [4.78, 5) is 12.2. The number of nitrogens with one attached hydrogen (secondary N) is 1. The summed E-state index contributed by atoms with van der Waals surface area (Å²) < 4.78 is 12.5. The summed E-state index contributed by atoms with van der Waals surface area (Å²) in [5, 5.41) is 7.41. The van der Waals surface area contributed by atoms with E-state index in [1.807, 2.05) is 18.5 Å². The molecule has 1 N–H and O–H groups in total. The maximum atomic E-state index is 12.2. The van der Waals surface area contributed by atoms with Gasteiger partial charge < -0.3 is 14.8 Å². The van der Waals surface area contributed by atoms with Crippen LogP contribution in [0.5, 0.6) is 11.5 Å². The van der Waals surface area contributed by atoms with Gasteiger partial charge in [-0.15, -0.1) is 0 Å². The largest absolute Gasteiger partial charge is 0.454 e. The number of ether oxygens (including phenoxy) is 2. The van der Waals surface area contributed by atoms with Crippen LogP contribution in [0.25, 0.3) is 0 Å². The van der Waals surface area contributed by atoms with Crippen LogP contribution in [0.3, 0.4) is 0 Å². The summed E-state index contributed by atoms with van der Waals surface area (Å²) in [6.45, 7) is 7.69. The van der Waals surface area contributed by atoms with Gasteiger partial charge in [-0.2, -0.15) is 5.10 Å². The number of hydrogen-bond donors (Lipinski definition) is 1. The average Bonchev–Trinajstić information content (AvgIpc) is 3.10. The van der Waals surface area contributed by atoms with E-state index in [0.29, 0.717) is 23.6 Å². The molecule has 0 unspecified atom stereocenters. The highest BCUT2D eigenvalue weighted by atomic mass is 16.7. The third-order valence-corrected chi connectivity index (χ3v) is 3.83. The predicted molar refractivity (Wildman–Crippen MR) is 85.8 cm³/mol. The van der Waals surface area contributed by atoms with Gasteiger partial charge in [-0.05, 0) is 44.0 Å². The molecule has 1 amide bonds. The number of fused-ring (bicyclic) bond motifs is 1. The van der Waals surface area contributed by atoms with Gasteiger partial charge in [-0.1, -0.05) is 6.92 Å². The second-order valence-electron chi connectivity index (χ2n) is 5.99. The Hall–Kier alpha value is -2.50. The minimum Gasteiger partial charge on any atom is -0.454 e. The van der Waals surface area contributed by atoms with Crippen LogP contribution in [0, 0.1) is 19.8 Å². The molecule has 6 heteroatoms. The van der Waals surface area contributed by atoms with Gasteiger partial charge in [0.25, 0.3) is 5.91 Å². The van der Waals surface area contributed by atoms with Crippen LogP contribution >= 0.6 is 0 Å². The minimum absolute atomic E-state index is 0.108. The van der Waals surface area contributed by atoms with E-state index >= 15 is 0 Å². The van der Waals surface area contributed by atoms with Gasteiger partial charge in [0.15, 0.2) is 11.5 Å². The first-order valence-corrected chi connectivity index (χ1v) is 7.72. The van der Waals surface area contributed by atoms with Crippen molar-refractivity contribution < 1.29 is 14.3 Å². The zero-order valence-electron chi connectivity index (χ0n) is 13.6. The van der Waals surface area contributed by atoms with Crippen molar-refractivity contribution in [1.82, 2.24) is 15.1 Å². The SMILES string of the molecule is Cc1cc(C)n(C[C@H](C)CNC(=O)c2ccc3c(c2)OCO3)n1. The first-order valence-electron chi connectivity index (χ1n) is 7.72. The second kappa shape index (κ2) is 6.32. The van der Waals surface area contributed by atoms with Crippen molar-refractivity contribution in [1.29, 1.82) is 0 Å². The maximum Gasteiger partial charge on any atom is 0.251 e. The lowest BCUT2D eigenvalue weighted by Gasteiger charge is -2.14. The van der Waals surface area contributed by atoms with Crippen LogP contribution in [0.2, 0.25) is 0 Å². The van der Waals surface area contributed by atoms with E-state index in [2.05, 4.69) is 23.4 Å². The molecule has 2 aromatic rings. The van der Waals surface area contributed by atoms with Gasteiger partial charge in [-0.3, -0.25) is 9.48 Å². The lowest BCUT2D eigenvalue weighted by molar-refractivity contribution is 0.0946. The Morgan fingerprint density at radius 1 is 1.30 bits per heavy atom. The van der Waals surface area contributed by atoms with E-state index in [-0.39, 0.29) is 18.6 Å². The van der Waals surface area contributed by atoms with Crippen molar-refractivity contribution in [2.24, 2.45) is 5.92 Å². The van der Waals surface area contributed by atoms with Gasteiger partial charge in [0.2, 0.25) is 6.79 Å². The van der Waals surface area contributed by atoms with Crippen molar-refractivity contribution in [3.05, 3.63) is 41.2 Å². The number of amides is 1. The van der Waals surface area contributed by atoms with Gasteiger partial charge in [0.05, 0.1) is 5.69 Å². The van der Waals surface area contributed by atoms with Gasteiger partial charge >= 0.3 is 0 Å². The Balaban J connectivity index is 1.55. The van der Waals surface area contributed by atoms with Crippen LogP contribution in [0.1, 0.15) is 28.7 Å². The fourth-order valence-corrected chi connectivity index (χ4v) is 2.63. The number of carbonyl (C=O) groups is 1. The molecule has 1 aromatic carbocycles. The van der Waals surface area contributed by atoms with Gasteiger partial charge in [0.1, 0.15) is 0 Å². The predicted octanol–water partition coefficient (Wildman–Crippen LogP) is 2.29. The van der Waals surface area contributed by atoms with E-state index in [0.717, 1.165) is 17.9 Å². The first-order chi connectivity index (χ1) is 11.0. The molecule has 0 radical (unpaired) electrons. The molecule has 1 aromatic heterocycles. The Morgan fingerprint density at radius 3 is 2.83 bits per heavy atom. The number of benzene rings is 1. The highest BCUT2D eigenvalue weighted by molar-refractivity contribution is 5.94. The number of carbonyl (C=O) groups excluding carboxylic acids is 1. The third kappa shape index (κ3) is 3.47. The number of aryl methyl sites for hydroxylation is 2. The lowest BCUT2D eigenvalue weighted by atomic mass is 10.1. The van der Waals surface area contributed by atoms with Crippen molar-refractivity contribution in [2.75, 3.05) is 13.3 Å². The Kier molecular flexibility index (Phi) is 4.23. The van der Waals surface area contributed by atoms with Crippen LogP contribution in [-0.2, 0) is 6.54 Å². The molecule has 1 atom stereocenters. The van der Waals surface area contributed by atoms with E-state index in [1.54, 1.807) is 18.2 Å². The Labute approximate surface area is 135 Å². The number of nitrogens with zero attached hydrogens (tertiary/aromatic N) is 2. The molecule has 122 valence electrons. The third-order valence-electron chi connectivity index (χ3n) is 3.83. The quantitative estimate of drug-likeness (QED) is 0.919. The molecule has 6 nitrogen and oxygen atoms in total. The molecule has 0 spiro atoms. The van der Waals surface area contributed by atoms with Gasteiger partial charge in [0, 0.05) is 24.3 Å². The molecule has 0 saturated heterocycles. The molecular formula is C17H21N3O3. The molecule has 2 heterocycles. The smallest absolute Gasteiger partial charge is 0.251 e. The monoisotopic (exact) mass is 315 g/mol. The molecule has 0 bridgehead atoms. The van der Waals surface area contributed by atoms with E-state index in [4.69, 9.17) is 9.47 Å². The normalized spacial score (nSPS) is 13.9. The summed E-state index contributed by atoms with van der Waals surface area (Å²) in [7, 11) is 0. The van der Waals surface area contributed by atoms with Crippen LogP contribution in [-0.4, -0.2) is 29.0 Å².